The van der Waals surface area contributed by atoms with E-state index in [0.717, 1.165) is 101 Å². The van der Waals surface area contributed by atoms with E-state index >= 15 is 0 Å². The van der Waals surface area contributed by atoms with E-state index in [2.05, 4.69) is 152 Å². The fourth-order valence-electron chi connectivity index (χ4n) is 10.9. The van der Waals surface area contributed by atoms with Gasteiger partial charge in [-0.05, 0) is 127 Å². The maximum absolute atomic E-state index is 5.23. The second-order valence-corrected chi connectivity index (χ2v) is 18.9. The summed E-state index contributed by atoms with van der Waals surface area (Å²) in [6, 6.07) is 48.4. The highest BCUT2D eigenvalue weighted by Crippen LogP contribution is 2.50. The van der Waals surface area contributed by atoms with Crippen LogP contribution in [-0.4, -0.2) is 56.5 Å². The highest BCUT2D eigenvalue weighted by Gasteiger charge is 2.31. The zero-order valence-corrected chi connectivity index (χ0v) is 38.1. The maximum Gasteiger partial charge on any atom is 0.137 e. The van der Waals surface area contributed by atoms with Gasteiger partial charge in [0, 0.05) is 38.0 Å². The summed E-state index contributed by atoms with van der Waals surface area (Å²) in [6.07, 6.45) is 1.12. The van der Waals surface area contributed by atoms with Gasteiger partial charge in [0.05, 0.1) is 17.1 Å². The minimum absolute atomic E-state index is 0.410. The van der Waals surface area contributed by atoms with E-state index in [1.165, 1.54) is 48.7 Å². The third-order valence-electron chi connectivity index (χ3n) is 13.7. The van der Waals surface area contributed by atoms with Crippen LogP contribution in [0, 0.1) is 13.8 Å². The van der Waals surface area contributed by atoms with E-state index in [9.17, 15) is 0 Å². The average molecular weight is 877 g/mol. The van der Waals surface area contributed by atoms with Crippen molar-refractivity contribution in [2.75, 3.05) is 16.4 Å². The summed E-state index contributed by atoms with van der Waals surface area (Å²) >= 11 is 2.01. The summed E-state index contributed by atoms with van der Waals surface area (Å²) in [5, 5.41) is 40.7. The van der Waals surface area contributed by atoms with Gasteiger partial charge in [0.15, 0.2) is 0 Å². The standard InChI is InChI=1S/C55H44N10S/c1-31-27-46(52-54(60-63(4)58-52)48(31)43-20-12-19-40-36-15-8-6-13-33(36)21-22-42(40)43)65(45-24-23-38(35-25-26-66-30-35)50-51(45)57-62(3)56-50)47-28-32(2)49(55-53(47)59-64(5)61-55)44-29-34-14-7-9-16-37(34)39-17-10-11-18-41(39)44/h6-24,27-29,35H,25-26,30H2,1-5H3. The summed E-state index contributed by atoms with van der Waals surface area (Å²) < 4.78 is 0. The van der Waals surface area contributed by atoms with Crippen LogP contribution in [0.3, 0.4) is 0 Å². The molecule has 0 spiro atoms. The lowest BCUT2D eigenvalue weighted by molar-refractivity contribution is 0.663. The first-order valence-electron chi connectivity index (χ1n) is 22.5. The lowest BCUT2D eigenvalue weighted by Gasteiger charge is -2.28. The molecule has 1 unspecified atom stereocenters. The fourth-order valence-corrected chi connectivity index (χ4v) is 12.1. The molecule has 320 valence electrons. The molecule has 11 heteroatoms. The van der Waals surface area contributed by atoms with E-state index in [1.807, 2.05) is 32.9 Å². The van der Waals surface area contributed by atoms with Gasteiger partial charge in [-0.25, -0.2) is 0 Å². The highest BCUT2D eigenvalue weighted by molar-refractivity contribution is 7.99. The molecule has 1 fully saturated rings. The first-order chi connectivity index (χ1) is 32.3. The Bertz CT molecular complexity index is 3990. The smallest absolute Gasteiger partial charge is 0.137 e. The number of thioether (sulfide) groups is 1. The SMILES string of the molecule is Cc1cc(N(c2ccc(C3CCSC3)c3nn(C)nc23)c2cc(C)c(-c3cc4ccccc4c4ccccc34)c3nn(C)nc23)c2nn(C)nc2c1-c1cccc2c1ccc1ccccc12. The topological polar surface area (TPSA) is 95.4 Å². The molecule has 4 heterocycles. The van der Waals surface area contributed by atoms with Gasteiger partial charge < -0.3 is 4.90 Å². The lowest BCUT2D eigenvalue weighted by atomic mass is 9.89. The minimum Gasteiger partial charge on any atom is -0.304 e. The Kier molecular flexibility index (Phi) is 8.64. The maximum atomic E-state index is 5.23. The van der Waals surface area contributed by atoms with Crippen molar-refractivity contribution < 1.29 is 0 Å². The number of nitrogens with zero attached hydrogens (tertiary/aromatic N) is 10. The van der Waals surface area contributed by atoms with Crippen molar-refractivity contribution in [1.29, 1.82) is 0 Å². The number of hydrogen-bond donors (Lipinski definition) is 0. The van der Waals surface area contributed by atoms with Crippen LogP contribution in [0.4, 0.5) is 17.1 Å². The van der Waals surface area contributed by atoms with E-state index < -0.39 is 0 Å². The summed E-state index contributed by atoms with van der Waals surface area (Å²) in [6.45, 7) is 4.39. The molecule has 3 aromatic heterocycles. The van der Waals surface area contributed by atoms with Crippen molar-refractivity contribution in [2.24, 2.45) is 21.1 Å². The summed E-state index contributed by atoms with van der Waals surface area (Å²) in [5.74, 6) is 2.63. The molecular formula is C55H44N10S. The van der Waals surface area contributed by atoms with Crippen molar-refractivity contribution in [1.82, 2.24) is 45.0 Å². The van der Waals surface area contributed by atoms with Crippen LogP contribution in [0.15, 0.2) is 133 Å². The van der Waals surface area contributed by atoms with Gasteiger partial charge in [-0.3, -0.25) is 0 Å². The Labute approximate surface area is 384 Å². The highest BCUT2D eigenvalue weighted by atomic mass is 32.2. The Hall–Kier alpha value is -7.63. The monoisotopic (exact) mass is 876 g/mol. The Morgan fingerprint density at radius 3 is 1.62 bits per heavy atom. The van der Waals surface area contributed by atoms with Crippen molar-refractivity contribution in [3.63, 3.8) is 0 Å². The Morgan fingerprint density at radius 2 is 0.970 bits per heavy atom. The van der Waals surface area contributed by atoms with Gasteiger partial charge in [-0.15, -0.1) is 0 Å². The predicted octanol–water partition coefficient (Wildman–Crippen LogP) is 12.8. The lowest BCUT2D eigenvalue weighted by Crippen LogP contribution is -2.14. The van der Waals surface area contributed by atoms with Crippen LogP contribution >= 0.6 is 11.8 Å². The molecule has 10 nitrogen and oxygen atoms in total. The number of aryl methyl sites for hydroxylation is 5. The van der Waals surface area contributed by atoms with Gasteiger partial charge in [0.1, 0.15) is 33.1 Å². The third kappa shape index (κ3) is 5.82. The zero-order valence-electron chi connectivity index (χ0n) is 37.3. The molecule has 66 heavy (non-hydrogen) atoms. The number of hydrogen-bond acceptors (Lipinski definition) is 8. The molecule has 0 radical (unpaired) electrons. The number of benzene rings is 9. The molecule has 9 aromatic carbocycles. The second-order valence-electron chi connectivity index (χ2n) is 17.8. The number of anilines is 3. The van der Waals surface area contributed by atoms with Crippen LogP contribution in [0.25, 0.3) is 98.4 Å². The first-order valence-corrected chi connectivity index (χ1v) is 23.7. The van der Waals surface area contributed by atoms with Crippen molar-refractivity contribution in [3.8, 4) is 22.3 Å². The van der Waals surface area contributed by atoms with Crippen LogP contribution in [0.2, 0.25) is 0 Å². The fraction of sp³-hybridized carbons (Fsp3) is 0.164. The molecule has 0 N–H and O–H groups in total. The number of fused-ring (bicyclic) bond motifs is 9. The quantitative estimate of drug-likeness (QED) is 0.152. The molecular weight excluding hydrogens is 833 g/mol. The molecule has 1 atom stereocenters. The van der Waals surface area contributed by atoms with Gasteiger partial charge in [-0.2, -0.15) is 56.7 Å². The largest absolute Gasteiger partial charge is 0.304 e. The van der Waals surface area contributed by atoms with E-state index in [4.69, 9.17) is 30.6 Å². The predicted molar refractivity (Wildman–Crippen MR) is 272 cm³/mol. The summed E-state index contributed by atoms with van der Waals surface area (Å²) in [5.41, 5.74) is 15.3. The summed E-state index contributed by atoms with van der Waals surface area (Å²) in [7, 11) is 5.74. The van der Waals surface area contributed by atoms with Crippen LogP contribution < -0.4 is 4.90 Å². The molecule has 0 amide bonds. The van der Waals surface area contributed by atoms with Gasteiger partial charge in [0.2, 0.25) is 0 Å². The second kappa shape index (κ2) is 14.7. The van der Waals surface area contributed by atoms with Gasteiger partial charge in [-0.1, -0.05) is 109 Å². The van der Waals surface area contributed by atoms with Crippen molar-refractivity contribution in [3.05, 3.63) is 150 Å². The summed E-state index contributed by atoms with van der Waals surface area (Å²) in [4.78, 5) is 7.42. The molecule has 0 bridgehead atoms. The molecule has 1 aliphatic heterocycles. The third-order valence-corrected chi connectivity index (χ3v) is 14.9. The van der Waals surface area contributed by atoms with E-state index in [0.29, 0.717) is 5.92 Å². The van der Waals surface area contributed by atoms with Crippen LogP contribution in [0.5, 0.6) is 0 Å². The van der Waals surface area contributed by atoms with Gasteiger partial charge in [0.25, 0.3) is 0 Å². The zero-order chi connectivity index (χ0) is 44.4. The molecule has 1 saturated heterocycles. The van der Waals surface area contributed by atoms with E-state index in [1.54, 1.807) is 14.4 Å². The Morgan fingerprint density at radius 1 is 0.455 bits per heavy atom. The number of aromatic nitrogens is 9. The molecule has 0 aliphatic carbocycles. The molecule has 1 aliphatic rings. The molecule has 0 saturated carbocycles. The average Bonchev–Trinajstić information content (AvgIpc) is 4.16. The first kappa shape index (κ1) is 38.8. The number of rotatable bonds is 6. The van der Waals surface area contributed by atoms with Crippen LogP contribution in [-0.2, 0) is 21.1 Å². The van der Waals surface area contributed by atoms with Gasteiger partial charge >= 0.3 is 0 Å². The molecule has 12 aromatic rings. The van der Waals surface area contributed by atoms with Crippen molar-refractivity contribution in [2.45, 2.75) is 26.2 Å². The van der Waals surface area contributed by atoms with Crippen molar-refractivity contribution >= 4 is 105 Å². The van der Waals surface area contributed by atoms with Crippen LogP contribution in [0.1, 0.15) is 29.0 Å². The molecule has 13 rings (SSSR count). The normalized spacial score (nSPS) is 14.3. The van der Waals surface area contributed by atoms with E-state index in [-0.39, 0.29) is 0 Å². The minimum atomic E-state index is 0.410. The Balaban J connectivity index is 1.11.